The molecule has 0 aromatic heterocycles. The molecule has 0 saturated carbocycles. The maximum atomic E-state index is 5.65. The van der Waals surface area contributed by atoms with E-state index in [4.69, 9.17) is 4.74 Å². The van der Waals surface area contributed by atoms with Gasteiger partial charge in [0.1, 0.15) is 5.75 Å². The summed E-state index contributed by atoms with van der Waals surface area (Å²) >= 11 is 5.40. The maximum Gasteiger partial charge on any atom is 0.120 e. The number of hydrogen-bond acceptors (Lipinski definition) is 2. The first-order valence-corrected chi connectivity index (χ1v) is 7.63. The van der Waals surface area contributed by atoms with Crippen LogP contribution in [0.25, 0.3) is 0 Å². The molecule has 0 amide bonds. The summed E-state index contributed by atoms with van der Waals surface area (Å²) in [6.45, 7) is 5.32. The number of halogens is 1. The first-order chi connectivity index (χ1) is 7.72. The lowest BCUT2D eigenvalue weighted by molar-refractivity contribution is 0.343. The minimum Gasteiger partial charge on any atom is -0.493 e. The van der Waals surface area contributed by atoms with Gasteiger partial charge in [0.05, 0.1) is 6.61 Å². The molecule has 3 heteroatoms. The summed E-state index contributed by atoms with van der Waals surface area (Å²) in [4.78, 5) is 0. The lowest BCUT2D eigenvalue weighted by Crippen LogP contribution is -2.03. The second kappa shape index (κ2) is 8.02. The molecule has 16 heavy (non-hydrogen) atoms. The van der Waals surface area contributed by atoms with E-state index in [2.05, 4.69) is 29.8 Å². The molecule has 1 atom stereocenters. The highest BCUT2D eigenvalue weighted by Crippen LogP contribution is 2.18. The summed E-state index contributed by atoms with van der Waals surface area (Å²) in [7, 11) is 0. The zero-order valence-corrected chi connectivity index (χ0v) is 12.3. The standard InChI is InChI=1S/C13H19BrOS/c1-3-11(2)10-16-8-7-15-13-6-4-5-12(14)9-13/h4-6,9,11H,3,7-8,10H2,1-2H3. The van der Waals surface area contributed by atoms with Gasteiger partial charge in [0, 0.05) is 10.2 Å². The van der Waals surface area contributed by atoms with Crippen molar-refractivity contribution in [2.75, 3.05) is 18.1 Å². The van der Waals surface area contributed by atoms with Crippen LogP contribution < -0.4 is 4.74 Å². The lowest BCUT2D eigenvalue weighted by Gasteiger charge is -2.09. The molecule has 90 valence electrons. The largest absolute Gasteiger partial charge is 0.493 e. The molecular formula is C13H19BrOS. The van der Waals surface area contributed by atoms with Crippen LogP contribution in [0.4, 0.5) is 0 Å². The molecule has 1 unspecified atom stereocenters. The van der Waals surface area contributed by atoms with Gasteiger partial charge in [-0.1, -0.05) is 42.3 Å². The van der Waals surface area contributed by atoms with Gasteiger partial charge in [0.25, 0.3) is 0 Å². The Labute approximate surface area is 111 Å². The van der Waals surface area contributed by atoms with E-state index in [9.17, 15) is 0 Å². The highest BCUT2D eigenvalue weighted by Gasteiger charge is 1.99. The summed E-state index contributed by atoms with van der Waals surface area (Å²) in [6, 6.07) is 7.99. The van der Waals surface area contributed by atoms with Crippen LogP contribution in [0.5, 0.6) is 5.75 Å². The highest BCUT2D eigenvalue weighted by atomic mass is 79.9. The van der Waals surface area contributed by atoms with Gasteiger partial charge in [-0.15, -0.1) is 0 Å². The van der Waals surface area contributed by atoms with E-state index in [1.807, 2.05) is 36.0 Å². The number of ether oxygens (including phenoxy) is 1. The van der Waals surface area contributed by atoms with Gasteiger partial charge in [-0.3, -0.25) is 0 Å². The Morgan fingerprint density at radius 2 is 2.25 bits per heavy atom. The van der Waals surface area contributed by atoms with Crippen LogP contribution in [0.1, 0.15) is 20.3 Å². The summed E-state index contributed by atoms with van der Waals surface area (Å²) in [6.07, 6.45) is 1.26. The molecule has 1 aromatic rings. The molecule has 0 aliphatic carbocycles. The third-order valence-electron chi connectivity index (χ3n) is 2.39. The maximum absolute atomic E-state index is 5.65. The fourth-order valence-electron chi connectivity index (χ4n) is 1.18. The summed E-state index contributed by atoms with van der Waals surface area (Å²) < 4.78 is 6.72. The van der Waals surface area contributed by atoms with Crippen molar-refractivity contribution in [1.82, 2.24) is 0 Å². The van der Waals surface area contributed by atoms with Crippen molar-refractivity contribution >= 4 is 27.7 Å². The number of hydrogen-bond donors (Lipinski definition) is 0. The molecule has 0 saturated heterocycles. The van der Waals surface area contributed by atoms with Crippen LogP contribution >= 0.6 is 27.7 Å². The molecule has 0 heterocycles. The van der Waals surface area contributed by atoms with Gasteiger partial charge < -0.3 is 4.74 Å². The van der Waals surface area contributed by atoms with E-state index in [0.29, 0.717) is 0 Å². The van der Waals surface area contributed by atoms with E-state index in [-0.39, 0.29) is 0 Å². The first kappa shape index (κ1) is 13.9. The average molecular weight is 303 g/mol. The zero-order valence-electron chi connectivity index (χ0n) is 9.91. The van der Waals surface area contributed by atoms with Crippen LogP contribution in [-0.2, 0) is 0 Å². The Hall–Kier alpha value is -0.150. The van der Waals surface area contributed by atoms with Crippen molar-refractivity contribution in [2.45, 2.75) is 20.3 Å². The van der Waals surface area contributed by atoms with Crippen LogP contribution in [0.2, 0.25) is 0 Å². The monoisotopic (exact) mass is 302 g/mol. The topological polar surface area (TPSA) is 9.23 Å². The summed E-state index contributed by atoms with van der Waals surface area (Å²) in [5, 5.41) is 0. The van der Waals surface area contributed by atoms with Gasteiger partial charge in [-0.05, 0) is 29.9 Å². The molecule has 1 nitrogen and oxygen atoms in total. The SMILES string of the molecule is CCC(C)CSCCOc1cccc(Br)c1. The number of rotatable bonds is 7. The van der Waals surface area contributed by atoms with Gasteiger partial charge in [-0.2, -0.15) is 11.8 Å². The smallest absolute Gasteiger partial charge is 0.120 e. The van der Waals surface area contributed by atoms with Gasteiger partial charge in [-0.25, -0.2) is 0 Å². The van der Waals surface area contributed by atoms with Crippen molar-refractivity contribution in [1.29, 1.82) is 0 Å². The fourth-order valence-corrected chi connectivity index (χ4v) is 2.56. The van der Waals surface area contributed by atoms with E-state index in [1.165, 1.54) is 12.2 Å². The van der Waals surface area contributed by atoms with E-state index in [1.54, 1.807) is 0 Å². The minimum atomic E-state index is 0.789. The molecule has 1 aromatic carbocycles. The van der Waals surface area contributed by atoms with E-state index in [0.717, 1.165) is 28.5 Å². The van der Waals surface area contributed by atoms with Crippen LogP contribution in [0.15, 0.2) is 28.7 Å². The van der Waals surface area contributed by atoms with Gasteiger partial charge in [0.15, 0.2) is 0 Å². The normalized spacial score (nSPS) is 12.4. The molecular weight excluding hydrogens is 284 g/mol. The summed E-state index contributed by atoms with van der Waals surface area (Å²) in [5.41, 5.74) is 0. The van der Waals surface area contributed by atoms with Gasteiger partial charge >= 0.3 is 0 Å². The summed E-state index contributed by atoms with van der Waals surface area (Å²) in [5.74, 6) is 4.06. The molecule has 0 bridgehead atoms. The lowest BCUT2D eigenvalue weighted by atomic mass is 10.2. The van der Waals surface area contributed by atoms with E-state index < -0.39 is 0 Å². The van der Waals surface area contributed by atoms with Crippen molar-refractivity contribution in [3.63, 3.8) is 0 Å². The molecule has 0 aliphatic rings. The first-order valence-electron chi connectivity index (χ1n) is 5.68. The van der Waals surface area contributed by atoms with Gasteiger partial charge in [0.2, 0.25) is 0 Å². The number of benzene rings is 1. The second-order valence-corrected chi connectivity index (χ2v) is 5.96. The zero-order chi connectivity index (χ0) is 11.8. The molecule has 0 spiro atoms. The predicted octanol–water partition coefficient (Wildman–Crippen LogP) is 4.61. The van der Waals surface area contributed by atoms with Crippen LogP contribution in [0, 0.1) is 5.92 Å². The quantitative estimate of drug-likeness (QED) is 0.680. The van der Waals surface area contributed by atoms with Crippen molar-refractivity contribution < 1.29 is 4.74 Å². The third kappa shape index (κ3) is 5.80. The highest BCUT2D eigenvalue weighted by molar-refractivity contribution is 9.10. The fraction of sp³-hybridized carbons (Fsp3) is 0.538. The molecule has 0 N–H and O–H groups in total. The minimum absolute atomic E-state index is 0.789. The predicted molar refractivity (Wildman–Crippen MR) is 76.4 cm³/mol. The van der Waals surface area contributed by atoms with E-state index >= 15 is 0 Å². The Morgan fingerprint density at radius 3 is 2.94 bits per heavy atom. The Bertz CT molecular complexity index is 304. The number of thioether (sulfide) groups is 1. The van der Waals surface area contributed by atoms with Crippen molar-refractivity contribution in [3.8, 4) is 5.75 Å². The molecule has 0 radical (unpaired) electrons. The Kier molecular flexibility index (Phi) is 6.97. The molecule has 0 aliphatic heterocycles. The van der Waals surface area contributed by atoms with Crippen LogP contribution in [0.3, 0.4) is 0 Å². The second-order valence-electron chi connectivity index (χ2n) is 3.89. The van der Waals surface area contributed by atoms with Crippen molar-refractivity contribution in [2.24, 2.45) is 5.92 Å². The van der Waals surface area contributed by atoms with Crippen molar-refractivity contribution in [3.05, 3.63) is 28.7 Å². The average Bonchev–Trinajstić information content (AvgIpc) is 2.28. The Balaban J connectivity index is 2.12. The Morgan fingerprint density at radius 1 is 1.44 bits per heavy atom. The third-order valence-corrected chi connectivity index (χ3v) is 4.15. The molecule has 0 fully saturated rings. The molecule has 1 rings (SSSR count). The van der Waals surface area contributed by atoms with Crippen LogP contribution in [-0.4, -0.2) is 18.1 Å².